The zero-order valence-corrected chi connectivity index (χ0v) is 21.6. The molecule has 1 aliphatic rings. The van der Waals surface area contributed by atoms with Gasteiger partial charge in [-0.3, -0.25) is 4.98 Å². The van der Waals surface area contributed by atoms with Crippen molar-refractivity contribution >= 4 is 21.4 Å². The first kappa shape index (κ1) is 28.7. The van der Waals surface area contributed by atoms with Crippen molar-refractivity contribution in [3.63, 3.8) is 0 Å². The Labute approximate surface area is 222 Å². The lowest BCUT2D eigenvalue weighted by Crippen LogP contribution is -2.47. The number of nitrogen functional groups attached to an aromatic ring is 1. The molecule has 13 heteroatoms. The van der Waals surface area contributed by atoms with Crippen LogP contribution in [-0.2, 0) is 35.7 Å². The predicted octanol–water partition coefficient (Wildman–Crippen LogP) is 5.66. The molecule has 1 aromatic heterocycles. The Hall–Kier alpha value is -3.32. The van der Waals surface area contributed by atoms with Crippen molar-refractivity contribution in [1.29, 1.82) is 0 Å². The fraction of sp³-hybridized carbons (Fsp3) is 0.346. The summed E-state index contributed by atoms with van der Waals surface area (Å²) < 4.78 is 106. The summed E-state index contributed by atoms with van der Waals surface area (Å²) >= 11 is 0. The van der Waals surface area contributed by atoms with Crippen molar-refractivity contribution in [2.45, 2.75) is 50.6 Å². The van der Waals surface area contributed by atoms with E-state index in [-0.39, 0.29) is 18.7 Å². The zero-order chi connectivity index (χ0) is 28.6. The van der Waals surface area contributed by atoms with Gasteiger partial charge in [-0.15, -0.1) is 0 Å². The number of hydrogen-bond acceptors (Lipinski definition) is 5. The second kappa shape index (κ2) is 10.7. The van der Waals surface area contributed by atoms with E-state index in [0.29, 0.717) is 33.7 Å². The van der Waals surface area contributed by atoms with Crippen LogP contribution in [0.5, 0.6) is 0 Å². The van der Waals surface area contributed by atoms with Crippen LogP contribution in [0, 0.1) is 6.92 Å². The molecule has 0 fully saturated rings. The minimum Gasteiger partial charge on any atom is -0.398 e. The molecule has 0 saturated carbocycles. The third-order valence-corrected chi connectivity index (χ3v) is 8.30. The summed E-state index contributed by atoms with van der Waals surface area (Å²) in [5.74, 6) is 0. The van der Waals surface area contributed by atoms with Crippen LogP contribution in [0.15, 0.2) is 60.8 Å². The molecule has 2 N–H and O–H groups in total. The molecule has 0 aliphatic carbocycles. The van der Waals surface area contributed by atoms with Crippen molar-refractivity contribution in [2.75, 3.05) is 17.2 Å². The lowest BCUT2D eigenvalue weighted by atomic mass is 10.0. The van der Waals surface area contributed by atoms with E-state index < -0.39 is 52.1 Å². The molecule has 0 spiro atoms. The number of halogens is 6. The number of sulfonamides is 1. The van der Waals surface area contributed by atoms with Crippen molar-refractivity contribution in [2.24, 2.45) is 0 Å². The van der Waals surface area contributed by atoms with Gasteiger partial charge in [0, 0.05) is 36.7 Å². The highest BCUT2D eigenvalue weighted by molar-refractivity contribution is 7.89. The molecule has 6 nitrogen and oxygen atoms in total. The molecule has 39 heavy (non-hydrogen) atoms. The highest BCUT2D eigenvalue weighted by Gasteiger charge is 2.51. The minimum atomic E-state index is -5.68. The number of nitrogens with two attached hydrogens (primary N) is 1. The van der Waals surface area contributed by atoms with Gasteiger partial charge in [-0.05, 0) is 48.6 Å². The molecular weight excluding hydrogens is 546 g/mol. The number of benzene rings is 2. The largest absolute Gasteiger partial charge is 0.511 e. The van der Waals surface area contributed by atoms with Crippen molar-refractivity contribution in [3.05, 3.63) is 88.7 Å². The summed E-state index contributed by atoms with van der Waals surface area (Å²) in [5.41, 5.74) is 1.01. The molecule has 0 amide bonds. The van der Waals surface area contributed by atoms with Gasteiger partial charge in [0.05, 0.1) is 17.8 Å². The normalized spacial score (nSPS) is 17.1. The maximum absolute atomic E-state index is 13.7. The number of fused-ring (bicyclic) bond motifs is 1. The number of alkyl halides is 6. The van der Waals surface area contributed by atoms with Gasteiger partial charge in [-0.25, -0.2) is 8.42 Å². The number of pyridine rings is 1. The molecule has 1 atom stereocenters. The monoisotopic (exact) mass is 572 g/mol. The molecule has 0 radical (unpaired) electrons. The van der Waals surface area contributed by atoms with Crippen molar-refractivity contribution in [3.8, 4) is 0 Å². The average Bonchev–Trinajstić information content (AvgIpc) is 3.00. The van der Waals surface area contributed by atoms with Gasteiger partial charge in [0.15, 0.2) is 0 Å². The SMILES string of the molecule is Cc1cccc2c1CN(S(=O)(=O)C(F)(F)F)CC(CCc1ccccc1)N2Cc1cc(N)c(C(F)(F)F)cn1. The summed E-state index contributed by atoms with van der Waals surface area (Å²) in [7, 11) is -5.68. The van der Waals surface area contributed by atoms with Gasteiger partial charge in [0.25, 0.3) is 0 Å². The third kappa shape index (κ3) is 6.14. The number of hydrogen-bond donors (Lipinski definition) is 1. The number of rotatable bonds is 6. The molecule has 4 rings (SSSR count). The highest BCUT2D eigenvalue weighted by atomic mass is 32.2. The molecule has 1 aliphatic heterocycles. The molecule has 0 bridgehead atoms. The fourth-order valence-corrected chi connectivity index (χ4v) is 5.68. The van der Waals surface area contributed by atoms with E-state index >= 15 is 0 Å². The average molecular weight is 573 g/mol. The first-order chi connectivity index (χ1) is 18.2. The van der Waals surface area contributed by atoms with E-state index in [1.165, 1.54) is 0 Å². The standard InChI is InChI=1S/C26H26F6N4O2S/c1-17-6-5-9-24-21(17)16-35(39(37,38)26(30,31)32)15-20(11-10-18-7-3-2-4-8-18)36(24)14-19-12-23(33)22(13-34-19)25(27,28)29/h2-9,12-13,20H,10-11,14-16H2,1H3,(H2,33,34). The van der Waals surface area contributed by atoms with Gasteiger partial charge in [0.1, 0.15) is 0 Å². The number of aromatic nitrogens is 1. The molecule has 210 valence electrons. The van der Waals surface area contributed by atoms with E-state index in [4.69, 9.17) is 5.73 Å². The first-order valence-corrected chi connectivity index (χ1v) is 13.4. The number of nitrogens with zero attached hydrogens (tertiary/aromatic N) is 3. The van der Waals surface area contributed by atoms with Crippen LogP contribution in [0.4, 0.5) is 37.7 Å². The molecule has 2 heterocycles. The van der Waals surface area contributed by atoms with E-state index in [1.807, 2.05) is 30.3 Å². The Morgan fingerprint density at radius 3 is 2.33 bits per heavy atom. The van der Waals surface area contributed by atoms with E-state index in [1.54, 1.807) is 30.0 Å². The quantitative estimate of drug-likeness (QED) is 0.386. The Kier molecular flexibility index (Phi) is 7.86. The Bertz CT molecular complexity index is 1430. The Morgan fingerprint density at radius 1 is 1.03 bits per heavy atom. The van der Waals surface area contributed by atoms with Crippen LogP contribution in [0.3, 0.4) is 0 Å². The second-order valence-corrected chi connectivity index (χ2v) is 11.3. The molecule has 1 unspecified atom stereocenters. The van der Waals surface area contributed by atoms with Crippen LogP contribution in [-0.4, -0.2) is 35.8 Å². The van der Waals surface area contributed by atoms with Gasteiger partial charge in [-0.2, -0.15) is 30.6 Å². The molecule has 3 aromatic rings. The van der Waals surface area contributed by atoms with E-state index in [2.05, 4.69) is 4.98 Å². The predicted molar refractivity (Wildman–Crippen MR) is 135 cm³/mol. The third-order valence-electron chi connectivity index (χ3n) is 6.76. The smallest absolute Gasteiger partial charge is 0.398 e. The molecule has 2 aromatic carbocycles. The first-order valence-electron chi connectivity index (χ1n) is 12.0. The van der Waals surface area contributed by atoms with Gasteiger partial charge >= 0.3 is 21.7 Å². The fourth-order valence-electron chi connectivity index (χ4n) is 4.72. The van der Waals surface area contributed by atoms with Crippen molar-refractivity contribution < 1.29 is 34.8 Å². The lowest BCUT2D eigenvalue weighted by Gasteiger charge is -2.34. The maximum Gasteiger partial charge on any atom is 0.511 e. The lowest BCUT2D eigenvalue weighted by molar-refractivity contribution is -0.137. The van der Waals surface area contributed by atoms with Gasteiger partial charge in [-0.1, -0.05) is 42.5 Å². The molecule has 0 saturated heterocycles. The topological polar surface area (TPSA) is 79.5 Å². The van der Waals surface area contributed by atoms with Crippen LogP contribution >= 0.6 is 0 Å². The summed E-state index contributed by atoms with van der Waals surface area (Å²) in [4.78, 5) is 5.65. The maximum atomic E-state index is 13.7. The zero-order valence-electron chi connectivity index (χ0n) is 20.8. The van der Waals surface area contributed by atoms with Crippen molar-refractivity contribution in [1.82, 2.24) is 9.29 Å². The minimum absolute atomic E-state index is 0.0991. The van der Waals surface area contributed by atoms with Crippen LogP contribution in [0.1, 0.15) is 34.4 Å². The van der Waals surface area contributed by atoms with Gasteiger partial charge in [0.2, 0.25) is 0 Å². The van der Waals surface area contributed by atoms with E-state index in [9.17, 15) is 34.8 Å². The number of aryl methyl sites for hydroxylation is 2. The van der Waals surface area contributed by atoms with Gasteiger partial charge < -0.3 is 10.6 Å². The summed E-state index contributed by atoms with van der Waals surface area (Å²) in [6, 6.07) is 14.5. The molecular formula is C26H26F6N4O2S. The second-order valence-electron chi connectivity index (χ2n) is 9.38. The Balaban J connectivity index is 1.80. The number of anilines is 2. The highest BCUT2D eigenvalue weighted by Crippen LogP contribution is 2.38. The van der Waals surface area contributed by atoms with Crippen LogP contribution in [0.2, 0.25) is 0 Å². The summed E-state index contributed by atoms with van der Waals surface area (Å²) in [6.45, 7) is 0.565. The van der Waals surface area contributed by atoms with Crippen LogP contribution in [0.25, 0.3) is 0 Å². The summed E-state index contributed by atoms with van der Waals surface area (Å²) in [6.07, 6.45) is -3.39. The summed E-state index contributed by atoms with van der Waals surface area (Å²) in [5, 5.41) is 0. The Morgan fingerprint density at radius 2 is 1.72 bits per heavy atom. The van der Waals surface area contributed by atoms with Crippen LogP contribution < -0.4 is 10.6 Å². The van der Waals surface area contributed by atoms with E-state index in [0.717, 1.165) is 11.6 Å².